The van der Waals surface area contributed by atoms with Crippen LogP contribution in [0, 0.1) is 0 Å². The summed E-state index contributed by atoms with van der Waals surface area (Å²) in [4.78, 5) is 14.9. The molecule has 0 aliphatic carbocycles. The maximum absolute atomic E-state index is 12.8. The second-order valence-corrected chi connectivity index (χ2v) is 6.34. The quantitative estimate of drug-likeness (QED) is 0.746. The van der Waals surface area contributed by atoms with E-state index in [1.807, 2.05) is 35.2 Å². The Morgan fingerprint density at radius 1 is 1.15 bits per heavy atom. The number of halogens is 1. The molecule has 2 aromatic carbocycles. The van der Waals surface area contributed by atoms with Crippen molar-refractivity contribution in [2.45, 2.75) is 32.2 Å². The SMILES string of the molecule is CC1CCCCN1C(=O)c1cccc2c(Br)cccc12. The third-order valence-corrected chi connectivity index (χ3v) is 4.85. The minimum absolute atomic E-state index is 0.168. The molecule has 1 saturated heterocycles. The summed E-state index contributed by atoms with van der Waals surface area (Å²) in [5.74, 6) is 0.168. The fourth-order valence-corrected chi connectivity index (χ4v) is 3.51. The highest BCUT2D eigenvalue weighted by atomic mass is 79.9. The van der Waals surface area contributed by atoms with Crippen molar-refractivity contribution in [3.8, 4) is 0 Å². The maximum atomic E-state index is 12.8. The lowest BCUT2D eigenvalue weighted by Gasteiger charge is -2.33. The smallest absolute Gasteiger partial charge is 0.254 e. The lowest BCUT2D eigenvalue weighted by Crippen LogP contribution is -2.42. The van der Waals surface area contributed by atoms with Crippen molar-refractivity contribution >= 4 is 32.6 Å². The van der Waals surface area contributed by atoms with Gasteiger partial charge in [-0.25, -0.2) is 0 Å². The Morgan fingerprint density at radius 3 is 2.70 bits per heavy atom. The molecule has 0 spiro atoms. The molecule has 0 bridgehead atoms. The van der Waals surface area contributed by atoms with E-state index in [2.05, 4.69) is 28.9 Å². The van der Waals surface area contributed by atoms with E-state index in [1.54, 1.807) is 0 Å². The van der Waals surface area contributed by atoms with E-state index in [0.29, 0.717) is 6.04 Å². The zero-order valence-electron chi connectivity index (χ0n) is 11.6. The molecular formula is C17H18BrNO. The van der Waals surface area contributed by atoms with Gasteiger partial charge in [0.15, 0.2) is 0 Å². The van der Waals surface area contributed by atoms with Crippen molar-refractivity contribution in [1.82, 2.24) is 4.90 Å². The monoisotopic (exact) mass is 331 g/mol. The summed E-state index contributed by atoms with van der Waals surface area (Å²) < 4.78 is 1.04. The summed E-state index contributed by atoms with van der Waals surface area (Å²) in [7, 11) is 0. The van der Waals surface area contributed by atoms with Gasteiger partial charge >= 0.3 is 0 Å². The number of nitrogens with zero attached hydrogens (tertiary/aromatic N) is 1. The van der Waals surface area contributed by atoms with Crippen LogP contribution >= 0.6 is 15.9 Å². The first-order valence-electron chi connectivity index (χ1n) is 7.16. The molecular weight excluding hydrogens is 314 g/mol. The molecule has 0 saturated carbocycles. The lowest BCUT2D eigenvalue weighted by molar-refractivity contribution is 0.0637. The molecule has 1 heterocycles. The van der Waals surface area contributed by atoms with Gasteiger partial charge in [-0.15, -0.1) is 0 Å². The van der Waals surface area contributed by atoms with Gasteiger partial charge in [0.05, 0.1) is 0 Å². The highest BCUT2D eigenvalue weighted by molar-refractivity contribution is 9.10. The Kier molecular flexibility index (Phi) is 3.79. The molecule has 0 radical (unpaired) electrons. The normalized spacial score (nSPS) is 19.3. The van der Waals surface area contributed by atoms with Crippen LogP contribution in [0.2, 0.25) is 0 Å². The van der Waals surface area contributed by atoms with E-state index in [9.17, 15) is 4.79 Å². The zero-order valence-corrected chi connectivity index (χ0v) is 13.2. The van der Waals surface area contributed by atoms with E-state index in [4.69, 9.17) is 0 Å². The minimum Gasteiger partial charge on any atom is -0.336 e. The van der Waals surface area contributed by atoms with Crippen LogP contribution in [0.4, 0.5) is 0 Å². The number of piperidine rings is 1. The molecule has 3 heteroatoms. The molecule has 1 amide bonds. The van der Waals surface area contributed by atoms with Gasteiger partial charge in [0.2, 0.25) is 0 Å². The fourth-order valence-electron chi connectivity index (χ4n) is 3.01. The highest BCUT2D eigenvalue weighted by Gasteiger charge is 2.25. The second kappa shape index (κ2) is 5.57. The molecule has 3 rings (SSSR count). The van der Waals surface area contributed by atoms with Crippen LogP contribution in [0.15, 0.2) is 40.9 Å². The number of fused-ring (bicyclic) bond motifs is 1. The van der Waals surface area contributed by atoms with Crippen LogP contribution in [0.25, 0.3) is 10.8 Å². The Balaban J connectivity index is 2.05. The van der Waals surface area contributed by atoms with Gasteiger partial charge < -0.3 is 4.90 Å². The predicted molar refractivity (Wildman–Crippen MR) is 86.0 cm³/mol. The summed E-state index contributed by atoms with van der Waals surface area (Å²) in [6, 6.07) is 12.3. The van der Waals surface area contributed by atoms with E-state index < -0.39 is 0 Å². The minimum atomic E-state index is 0.168. The lowest BCUT2D eigenvalue weighted by atomic mass is 9.99. The molecule has 104 valence electrons. The van der Waals surface area contributed by atoms with Crippen molar-refractivity contribution in [2.75, 3.05) is 6.54 Å². The molecule has 0 N–H and O–H groups in total. The molecule has 1 atom stereocenters. The van der Waals surface area contributed by atoms with Gasteiger partial charge in [0.25, 0.3) is 5.91 Å². The summed E-state index contributed by atoms with van der Waals surface area (Å²) in [6.07, 6.45) is 3.46. The fraction of sp³-hybridized carbons (Fsp3) is 0.353. The number of hydrogen-bond donors (Lipinski definition) is 0. The first kappa shape index (κ1) is 13.6. The maximum Gasteiger partial charge on any atom is 0.254 e. The highest BCUT2D eigenvalue weighted by Crippen LogP contribution is 2.28. The molecule has 1 fully saturated rings. The van der Waals surface area contributed by atoms with Crippen LogP contribution < -0.4 is 0 Å². The number of hydrogen-bond acceptors (Lipinski definition) is 1. The molecule has 1 aliphatic heterocycles. The van der Waals surface area contributed by atoms with Crippen molar-refractivity contribution in [3.63, 3.8) is 0 Å². The summed E-state index contributed by atoms with van der Waals surface area (Å²) >= 11 is 3.56. The van der Waals surface area contributed by atoms with E-state index in [1.165, 1.54) is 6.42 Å². The third kappa shape index (κ3) is 2.35. The zero-order chi connectivity index (χ0) is 14.1. The van der Waals surface area contributed by atoms with E-state index in [0.717, 1.165) is 40.2 Å². The third-order valence-electron chi connectivity index (χ3n) is 4.16. The predicted octanol–water partition coefficient (Wildman–Crippen LogP) is 4.62. The number of carbonyl (C=O) groups excluding carboxylic acids is 1. The summed E-state index contributed by atoms with van der Waals surface area (Å²) in [5.41, 5.74) is 0.817. The first-order chi connectivity index (χ1) is 9.68. The standard InChI is InChI=1S/C17H18BrNO/c1-12-6-2-3-11-19(12)17(20)15-9-4-8-14-13(15)7-5-10-16(14)18/h4-5,7-10,12H,2-3,6,11H2,1H3. The molecule has 20 heavy (non-hydrogen) atoms. The summed E-state index contributed by atoms with van der Waals surface area (Å²) in [6.45, 7) is 3.03. The Hall–Kier alpha value is -1.35. The number of amides is 1. The average Bonchev–Trinajstić information content (AvgIpc) is 2.47. The molecule has 2 nitrogen and oxygen atoms in total. The molecule has 2 aromatic rings. The average molecular weight is 332 g/mol. The van der Waals surface area contributed by atoms with Crippen LogP contribution in [-0.2, 0) is 0 Å². The molecule has 1 unspecified atom stereocenters. The number of carbonyl (C=O) groups is 1. The molecule has 1 aliphatic rings. The van der Waals surface area contributed by atoms with Gasteiger partial charge in [0.1, 0.15) is 0 Å². The molecule has 0 aromatic heterocycles. The van der Waals surface area contributed by atoms with Crippen molar-refractivity contribution < 1.29 is 4.79 Å². The topological polar surface area (TPSA) is 20.3 Å². The van der Waals surface area contributed by atoms with Crippen LogP contribution in [-0.4, -0.2) is 23.4 Å². The van der Waals surface area contributed by atoms with E-state index in [-0.39, 0.29) is 5.91 Å². The Morgan fingerprint density at radius 2 is 1.90 bits per heavy atom. The number of likely N-dealkylation sites (tertiary alicyclic amines) is 1. The van der Waals surface area contributed by atoms with Gasteiger partial charge in [-0.05, 0) is 49.1 Å². The largest absolute Gasteiger partial charge is 0.336 e. The van der Waals surface area contributed by atoms with Crippen LogP contribution in [0.3, 0.4) is 0 Å². The Bertz CT molecular complexity index is 652. The van der Waals surface area contributed by atoms with Gasteiger partial charge in [-0.2, -0.15) is 0 Å². The van der Waals surface area contributed by atoms with Crippen LogP contribution in [0.1, 0.15) is 36.5 Å². The van der Waals surface area contributed by atoms with Crippen molar-refractivity contribution in [3.05, 3.63) is 46.4 Å². The van der Waals surface area contributed by atoms with Crippen LogP contribution in [0.5, 0.6) is 0 Å². The second-order valence-electron chi connectivity index (χ2n) is 5.48. The first-order valence-corrected chi connectivity index (χ1v) is 7.96. The van der Waals surface area contributed by atoms with Crippen molar-refractivity contribution in [1.29, 1.82) is 0 Å². The van der Waals surface area contributed by atoms with Gasteiger partial charge in [-0.3, -0.25) is 4.79 Å². The van der Waals surface area contributed by atoms with Crippen molar-refractivity contribution in [2.24, 2.45) is 0 Å². The van der Waals surface area contributed by atoms with Gasteiger partial charge in [-0.1, -0.05) is 40.2 Å². The number of benzene rings is 2. The summed E-state index contributed by atoms with van der Waals surface area (Å²) in [5, 5.41) is 2.13. The number of rotatable bonds is 1. The van der Waals surface area contributed by atoms with Gasteiger partial charge in [0, 0.05) is 22.6 Å². The van der Waals surface area contributed by atoms with E-state index >= 15 is 0 Å². The Labute approximate surface area is 127 Å².